The third kappa shape index (κ3) is 2.99. The van der Waals surface area contributed by atoms with Crippen molar-refractivity contribution in [3.8, 4) is 17.2 Å². The predicted molar refractivity (Wildman–Crippen MR) is 74.5 cm³/mol. The van der Waals surface area contributed by atoms with E-state index in [-0.39, 0.29) is 5.16 Å². The van der Waals surface area contributed by atoms with Gasteiger partial charge in [0.2, 0.25) is 0 Å². The lowest BCUT2D eigenvalue weighted by atomic mass is 10.2. The number of benzene rings is 1. The van der Waals surface area contributed by atoms with Crippen molar-refractivity contribution in [2.24, 2.45) is 0 Å². The summed E-state index contributed by atoms with van der Waals surface area (Å²) in [5.41, 5.74) is 0. The fraction of sp³-hybridized carbons (Fsp3) is 0.538. The quantitative estimate of drug-likeness (QED) is 0.790. The summed E-state index contributed by atoms with van der Waals surface area (Å²) < 4.78 is 28.4. The van der Waals surface area contributed by atoms with Gasteiger partial charge in [-0.3, -0.25) is 0 Å². The van der Waals surface area contributed by atoms with E-state index in [1.54, 1.807) is 33.5 Å². The smallest absolute Gasteiger partial charge is 0.136 e. The molecule has 1 aromatic carbocycles. The SMILES string of the molecule is COc1cc(OC)c([PH](=O)C(C)(C)C)c(OC)c1. The van der Waals surface area contributed by atoms with Crippen LogP contribution >= 0.6 is 7.80 Å². The maximum atomic E-state index is 12.6. The zero-order chi connectivity index (χ0) is 13.9. The highest BCUT2D eigenvalue weighted by atomic mass is 31.1. The van der Waals surface area contributed by atoms with Gasteiger partial charge in [0, 0.05) is 17.3 Å². The zero-order valence-electron chi connectivity index (χ0n) is 11.8. The molecule has 0 bridgehead atoms. The Kier molecular flexibility index (Phi) is 4.69. The second kappa shape index (κ2) is 5.66. The van der Waals surface area contributed by atoms with Crippen molar-refractivity contribution in [2.45, 2.75) is 25.9 Å². The van der Waals surface area contributed by atoms with Gasteiger partial charge in [-0.2, -0.15) is 0 Å². The van der Waals surface area contributed by atoms with Gasteiger partial charge in [-0.1, -0.05) is 20.8 Å². The summed E-state index contributed by atoms with van der Waals surface area (Å²) in [5, 5.41) is 0.318. The molecule has 0 spiro atoms. The van der Waals surface area contributed by atoms with Crippen LogP contribution in [0.25, 0.3) is 0 Å². The number of ether oxygens (including phenoxy) is 3. The predicted octanol–water partition coefficient (Wildman–Crippen LogP) is 2.70. The van der Waals surface area contributed by atoms with Crippen molar-refractivity contribution in [1.29, 1.82) is 0 Å². The first kappa shape index (κ1) is 14.9. The van der Waals surface area contributed by atoms with E-state index in [4.69, 9.17) is 14.2 Å². The first-order chi connectivity index (χ1) is 8.35. The van der Waals surface area contributed by atoms with Crippen LogP contribution in [0.1, 0.15) is 20.8 Å². The molecule has 0 amide bonds. The van der Waals surface area contributed by atoms with Crippen LogP contribution in [0.2, 0.25) is 0 Å². The minimum Gasteiger partial charge on any atom is -0.496 e. The molecular formula is C13H21O4P. The van der Waals surface area contributed by atoms with Gasteiger partial charge >= 0.3 is 0 Å². The highest BCUT2D eigenvalue weighted by molar-refractivity contribution is 7.55. The molecule has 18 heavy (non-hydrogen) atoms. The Bertz CT molecular complexity index is 424. The van der Waals surface area contributed by atoms with Crippen LogP contribution in [-0.4, -0.2) is 26.5 Å². The second-order valence-corrected chi connectivity index (χ2v) is 7.64. The second-order valence-electron chi connectivity index (χ2n) is 4.99. The van der Waals surface area contributed by atoms with Crippen LogP contribution in [0.15, 0.2) is 12.1 Å². The Morgan fingerprint density at radius 1 is 0.944 bits per heavy atom. The van der Waals surface area contributed by atoms with Crippen molar-refractivity contribution >= 4 is 13.1 Å². The van der Waals surface area contributed by atoms with Crippen LogP contribution in [0.4, 0.5) is 0 Å². The third-order valence-corrected chi connectivity index (χ3v) is 4.93. The molecule has 0 aliphatic rings. The third-order valence-electron chi connectivity index (χ3n) is 2.62. The van der Waals surface area contributed by atoms with Crippen LogP contribution in [-0.2, 0) is 4.57 Å². The average Bonchev–Trinajstić information content (AvgIpc) is 2.34. The molecule has 1 aromatic rings. The number of hydrogen-bond acceptors (Lipinski definition) is 4. The number of methoxy groups -OCH3 is 3. The average molecular weight is 272 g/mol. The van der Waals surface area contributed by atoms with Crippen LogP contribution in [0.5, 0.6) is 17.2 Å². The number of rotatable bonds is 4. The molecule has 0 N–H and O–H groups in total. The van der Waals surface area contributed by atoms with E-state index in [1.165, 1.54) is 0 Å². The van der Waals surface area contributed by atoms with Gasteiger partial charge < -0.3 is 18.8 Å². The molecule has 0 radical (unpaired) electrons. The highest BCUT2D eigenvalue weighted by Gasteiger charge is 2.28. The first-order valence-electron chi connectivity index (χ1n) is 5.70. The Morgan fingerprint density at radius 2 is 1.39 bits per heavy atom. The molecule has 1 atom stereocenters. The standard InChI is InChI=1S/C13H21O4P/c1-13(2,3)18(14)12-10(16-5)7-9(15-4)8-11(12)17-6/h7-8,18H,1-6H3. The summed E-state index contributed by atoms with van der Waals surface area (Å²) in [6.45, 7) is 5.83. The molecule has 0 aliphatic heterocycles. The van der Waals surface area contributed by atoms with Crippen molar-refractivity contribution in [1.82, 2.24) is 0 Å². The van der Waals surface area contributed by atoms with Crippen LogP contribution in [0, 0.1) is 0 Å². The molecular weight excluding hydrogens is 251 g/mol. The molecule has 0 heterocycles. The van der Waals surface area contributed by atoms with Gasteiger partial charge in [0.25, 0.3) is 0 Å². The summed E-state index contributed by atoms with van der Waals surface area (Å²) in [4.78, 5) is 0. The van der Waals surface area contributed by atoms with E-state index in [0.717, 1.165) is 0 Å². The molecule has 4 nitrogen and oxygen atoms in total. The number of hydrogen-bond donors (Lipinski definition) is 0. The molecule has 1 unspecified atom stereocenters. The summed E-state index contributed by atoms with van der Waals surface area (Å²) >= 11 is 0. The van der Waals surface area contributed by atoms with Crippen molar-refractivity contribution in [3.05, 3.63) is 12.1 Å². The summed E-state index contributed by atoms with van der Waals surface area (Å²) in [6, 6.07) is 3.46. The normalized spacial score (nSPS) is 13.0. The molecule has 0 saturated carbocycles. The minimum absolute atomic E-state index is 0.320. The molecule has 0 fully saturated rings. The molecule has 0 aromatic heterocycles. The van der Waals surface area contributed by atoms with Gasteiger partial charge in [-0.05, 0) is 0 Å². The monoisotopic (exact) mass is 272 g/mol. The summed E-state index contributed by atoms with van der Waals surface area (Å²) in [6.07, 6.45) is 0. The maximum absolute atomic E-state index is 12.6. The molecule has 1 rings (SSSR count). The van der Waals surface area contributed by atoms with E-state index in [9.17, 15) is 4.57 Å². The highest BCUT2D eigenvalue weighted by Crippen LogP contribution is 2.44. The van der Waals surface area contributed by atoms with E-state index in [2.05, 4.69) is 0 Å². The lowest BCUT2D eigenvalue weighted by Gasteiger charge is -2.22. The van der Waals surface area contributed by atoms with Gasteiger partial charge in [-0.15, -0.1) is 0 Å². The van der Waals surface area contributed by atoms with Crippen molar-refractivity contribution in [2.75, 3.05) is 21.3 Å². The Balaban J connectivity index is 3.45. The molecule has 5 heteroatoms. The van der Waals surface area contributed by atoms with E-state index in [0.29, 0.717) is 22.6 Å². The first-order valence-corrected chi connectivity index (χ1v) is 7.10. The van der Waals surface area contributed by atoms with Gasteiger partial charge in [0.1, 0.15) is 25.0 Å². The zero-order valence-corrected chi connectivity index (χ0v) is 12.8. The van der Waals surface area contributed by atoms with E-state index < -0.39 is 7.80 Å². The summed E-state index contributed by atoms with van der Waals surface area (Å²) in [5.74, 6) is 1.71. The van der Waals surface area contributed by atoms with Crippen LogP contribution in [0.3, 0.4) is 0 Å². The molecule has 0 saturated heterocycles. The summed E-state index contributed by atoms with van der Waals surface area (Å²) in [7, 11) is 2.63. The van der Waals surface area contributed by atoms with Crippen molar-refractivity contribution < 1.29 is 18.8 Å². The fourth-order valence-electron chi connectivity index (χ4n) is 1.60. The van der Waals surface area contributed by atoms with Gasteiger partial charge in [0.15, 0.2) is 0 Å². The largest absolute Gasteiger partial charge is 0.496 e. The Hall–Kier alpha value is -1.15. The molecule has 102 valence electrons. The van der Waals surface area contributed by atoms with E-state index >= 15 is 0 Å². The lowest BCUT2D eigenvalue weighted by molar-refractivity contribution is 0.379. The topological polar surface area (TPSA) is 44.8 Å². The van der Waals surface area contributed by atoms with Gasteiger partial charge in [-0.25, -0.2) is 0 Å². The Morgan fingerprint density at radius 3 is 1.67 bits per heavy atom. The van der Waals surface area contributed by atoms with E-state index in [1.807, 2.05) is 20.8 Å². The van der Waals surface area contributed by atoms with Gasteiger partial charge in [0.05, 0.1) is 26.6 Å². The Labute approximate surface area is 109 Å². The lowest BCUT2D eigenvalue weighted by Crippen LogP contribution is -2.18. The minimum atomic E-state index is -2.05. The maximum Gasteiger partial charge on any atom is 0.136 e. The van der Waals surface area contributed by atoms with Crippen LogP contribution < -0.4 is 19.5 Å². The molecule has 0 aliphatic carbocycles. The fourth-order valence-corrected chi connectivity index (χ4v) is 3.15. The van der Waals surface area contributed by atoms with Crippen molar-refractivity contribution in [3.63, 3.8) is 0 Å².